The number of aryl methyl sites for hydroxylation is 2. The Bertz CT molecular complexity index is 1390. The lowest BCUT2D eigenvalue weighted by Crippen LogP contribution is -2.28. The molecule has 0 aromatic carbocycles. The number of hydrogen-bond acceptors (Lipinski definition) is 9. The van der Waals surface area contributed by atoms with Crippen LogP contribution in [0.25, 0.3) is 22.6 Å². The molecule has 0 bridgehead atoms. The van der Waals surface area contributed by atoms with Gasteiger partial charge in [-0.15, -0.1) is 11.8 Å². The number of amides is 1. The lowest BCUT2D eigenvalue weighted by Gasteiger charge is -2.16. The van der Waals surface area contributed by atoms with Crippen molar-refractivity contribution in [2.45, 2.75) is 43.5 Å². The minimum Gasteiger partial charge on any atom is -0.390 e. The third-order valence-corrected chi connectivity index (χ3v) is 7.42. The molecule has 4 aromatic heterocycles. The lowest BCUT2D eigenvalue weighted by atomic mass is 10.2. The SMILES string of the molecule is CNC(=O)[C@@H]1C[C@@H](O)[C@H](n2cnc3c(NCc4cc(C)ccn4)nc(-c4cncc(C)c4)nc32)S1. The van der Waals surface area contributed by atoms with Crippen LogP contribution < -0.4 is 10.6 Å². The van der Waals surface area contributed by atoms with E-state index in [1.165, 1.54) is 11.8 Å². The summed E-state index contributed by atoms with van der Waals surface area (Å²) in [6, 6.07) is 5.94. The van der Waals surface area contributed by atoms with Crippen molar-refractivity contribution in [3.8, 4) is 11.4 Å². The van der Waals surface area contributed by atoms with Crippen LogP contribution in [0, 0.1) is 13.8 Å². The number of anilines is 1. The van der Waals surface area contributed by atoms with Crippen molar-refractivity contribution in [1.29, 1.82) is 0 Å². The highest BCUT2D eigenvalue weighted by Gasteiger charge is 2.39. The second kappa shape index (κ2) is 9.59. The Kier molecular flexibility index (Phi) is 6.35. The van der Waals surface area contributed by atoms with Gasteiger partial charge in [0.25, 0.3) is 0 Å². The number of carbonyl (C=O) groups excluding carboxylic acids is 1. The number of aliphatic hydroxyl groups is 1. The van der Waals surface area contributed by atoms with Crippen molar-refractivity contribution in [2.75, 3.05) is 12.4 Å². The van der Waals surface area contributed by atoms with E-state index in [4.69, 9.17) is 9.97 Å². The fourth-order valence-corrected chi connectivity index (χ4v) is 5.60. The summed E-state index contributed by atoms with van der Waals surface area (Å²) in [4.78, 5) is 35.1. The van der Waals surface area contributed by atoms with Crippen molar-refractivity contribution in [2.24, 2.45) is 0 Å². The molecule has 5 rings (SSSR count). The number of nitrogens with one attached hydrogen (secondary N) is 2. The molecule has 3 N–H and O–H groups in total. The molecule has 5 heterocycles. The van der Waals surface area contributed by atoms with Gasteiger partial charge < -0.3 is 15.7 Å². The number of rotatable bonds is 6. The van der Waals surface area contributed by atoms with E-state index in [2.05, 4.69) is 25.6 Å². The van der Waals surface area contributed by atoms with E-state index < -0.39 is 11.5 Å². The van der Waals surface area contributed by atoms with Gasteiger partial charge >= 0.3 is 0 Å². The minimum atomic E-state index is -0.716. The molecule has 180 valence electrons. The second-order valence-electron chi connectivity index (χ2n) is 8.58. The molecule has 1 saturated heterocycles. The summed E-state index contributed by atoms with van der Waals surface area (Å²) < 4.78 is 1.83. The van der Waals surface area contributed by atoms with Crippen LogP contribution >= 0.6 is 11.8 Å². The minimum absolute atomic E-state index is 0.102. The van der Waals surface area contributed by atoms with Gasteiger partial charge in [-0.1, -0.05) is 0 Å². The van der Waals surface area contributed by atoms with Crippen LogP contribution in [0.1, 0.15) is 28.6 Å². The fraction of sp³-hybridized carbons (Fsp3) is 0.333. The Labute approximate surface area is 206 Å². The van der Waals surface area contributed by atoms with Gasteiger partial charge in [-0.25, -0.2) is 15.0 Å². The van der Waals surface area contributed by atoms with Gasteiger partial charge in [0.2, 0.25) is 5.91 Å². The normalized spacial score (nSPS) is 19.7. The van der Waals surface area contributed by atoms with E-state index >= 15 is 0 Å². The number of aromatic nitrogens is 6. The molecule has 1 amide bonds. The number of pyridine rings is 2. The molecule has 0 spiro atoms. The molecule has 1 aliphatic rings. The smallest absolute Gasteiger partial charge is 0.233 e. The Hall–Kier alpha value is -3.57. The largest absolute Gasteiger partial charge is 0.390 e. The number of hydrogen-bond donors (Lipinski definition) is 3. The van der Waals surface area contributed by atoms with Gasteiger partial charge in [-0.3, -0.25) is 19.3 Å². The number of thioether (sulfide) groups is 1. The molecular formula is C24H26N8O2S. The van der Waals surface area contributed by atoms with Gasteiger partial charge in [0.1, 0.15) is 5.37 Å². The van der Waals surface area contributed by atoms with E-state index in [0.29, 0.717) is 35.8 Å². The van der Waals surface area contributed by atoms with Gasteiger partial charge in [0.15, 0.2) is 22.8 Å². The predicted molar refractivity (Wildman–Crippen MR) is 135 cm³/mol. The van der Waals surface area contributed by atoms with Crippen molar-refractivity contribution in [3.63, 3.8) is 0 Å². The van der Waals surface area contributed by atoms with Gasteiger partial charge in [0, 0.05) is 31.2 Å². The van der Waals surface area contributed by atoms with Crippen LogP contribution in [0.5, 0.6) is 0 Å². The van der Waals surface area contributed by atoms with E-state index in [1.54, 1.807) is 32.0 Å². The third kappa shape index (κ3) is 4.69. The Balaban J connectivity index is 1.57. The lowest BCUT2D eigenvalue weighted by molar-refractivity contribution is -0.120. The van der Waals surface area contributed by atoms with Crippen molar-refractivity contribution in [3.05, 3.63) is 59.9 Å². The maximum absolute atomic E-state index is 12.2. The quantitative estimate of drug-likeness (QED) is 0.373. The van der Waals surface area contributed by atoms with Crippen LogP contribution in [-0.2, 0) is 11.3 Å². The Morgan fingerprint density at radius 2 is 2.06 bits per heavy atom. The summed E-state index contributed by atoms with van der Waals surface area (Å²) in [6.45, 7) is 4.45. The highest BCUT2D eigenvalue weighted by molar-refractivity contribution is 8.01. The maximum atomic E-state index is 12.2. The first kappa shape index (κ1) is 23.2. The molecule has 3 atom stereocenters. The summed E-state index contributed by atoms with van der Waals surface area (Å²) >= 11 is 1.40. The second-order valence-corrected chi connectivity index (χ2v) is 9.91. The number of fused-ring (bicyclic) bond motifs is 1. The summed E-state index contributed by atoms with van der Waals surface area (Å²) in [5.41, 5.74) is 4.93. The monoisotopic (exact) mass is 490 g/mol. The number of imidazole rings is 1. The summed E-state index contributed by atoms with van der Waals surface area (Å²) in [6.07, 6.45) is 6.58. The van der Waals surface area contributed by atoms with Gasteiger partial charge in [0.05, 0.1) is 29.9 Å². The summed E-state index contributed by atoms with van der Waals surface area (Å²) in [5.74, 6) is 0.958. The molecule has 0 aliphatic carbocycles. The standard InChI is InChI=1S/C24H26N8O2S/c1-13-4-5-27-16(7-13)11-28-21-19-22(31-20(30-21)15-6-14(2)9-26-10-15)32(12-29-19)24-17(33)8-18(35-24)23(34)25-3/h4-7,9-10,12,17-18,24,33H,8,11H2,1-3H3,(H,25,34)(H,28,30,31)/t17-,18+,24-/m1/s1. The zero-order valence-corrected chi connectivity index (χ0v) is 20.5. The molecule has 11 heteroatoms. The first-order valence-corrected chi connectivity index (χ1v) is 12.2. The van der Waals surface area contributed by atoms with E-state index in [-0.39, 0.29) is 11.2 Å². The first-order valence-electron chi connectivity index (χ1n) is 11.3. The molecule has 0 radical (unpaired) electrons. The maximum Gasteiger partial charge on any atom is 0.233 e. The highest BCUT2D eigenvalue weighted by atomic mass is 32.2. The molecule has 10 nitrogen and oxygen atoms in total. The molecule has 1 aliphatic heterocycles. The third-order valence-electron chi connectivity index (χ3n) is 5.87. The molecular weight excluding hydrogens is 464 g/mol. The predicted octanol–water partition coefficient (Wildman–Crippen LogP) is 2.62. The van der Waals surface area contributed by atoms with Crippen LogP contribution in [0.3, 0.4) is 0 Å². The van der Waals surface area contributed by atoms with E-state index in [0.717, 1.165) is 22.4 Å². The van der Waals surface area contributed by atoms with Crippen LogP contribution in [-0.4, -0.2) is 58.9 Å². The fourth-order valence-electron chi connectivity index (χ4n) is 4.13. The zero-order chi connectivity index (χ0) is 24.5. The van der Waals surface area contributed by atoms with Crippen molar-refractivity contribution < 1.29 is 9.90 Å². The van der Waals surface area contributed by atoms with Crippen LogP contribution in [0.4, 0.5) is 5.82 Å². The average molecular weight is 491 g/mol. The number of carbonyl (C=O) groups is 1. The van der Waals surface area contributed by atoms with Crippen molar-refractivity contribution >= 4 is 34.7 Å². The van der Waals surface area contributed by atoms with Crippen LogP contribution in [0.2, 0.25) is 0 Å². The van der Waals surface area contributed by atoms with E-state index in [1.807, 2.05) is 36.6 Å². The van der Waals surface area contributed by atoms with Gasteiger partial charge in [-0.2, -0.15) is 0 Å². The Morgan fingerprint density at radius 3 is 2.83 bits per heavy atom. The zero-order valence-electron chi connectivity index (χ0n) is 19.6. The summed E-state index contributed by atoms with van der Waals surface area (Å²) in [5, 5.41) is 16.1. The molecule has 0 unspecified atom stereocenters. The first-order chi connectivity index (χ1) is 16.9. The van der Waals surface area contributed by atoms with E-state index in [9.17, 15) is 9.90 Å². The summed E-state index contributed by atoms with van der Waals surface area (Å²) in [7, 11) is 1.60. The topological polar surface area (TPSA) is 131 Å². The Morgan fingerprint density at radius 1 is 1.20 bits per heavy atom. The van der Waals surface area contributed by atoms with Crippen molar-refractivity contribution in [1.82, 2.24) is 34.8 Å². The number of nitrogens with zero attached hydrogens (tertiary/aromatic N) is 6. The molecule has 4 aromatic rings. The molecule has 35 heavy (non-hydrogen) atoms. The molecule has 1 fully saturated rings. The highest BCUT2D eigenvalue weighted by Crippen LogP contribution is 2.43. The molecule has 0 saturated carbocycles. The van der Waals surface area contributed by atoms with Crippen LogP contribution in [0.15, 0.2) is 43.1 Å². The average Bonchev–Trinajstić information content (AvgIpc) is 3.45. The number of aliphatic hydroxyl groups excluding tert-OH is 1. The van der Waals surface area contributed by atoms with Gasteiger partial charge in [-0.05, 0) is 49.6 Å².